The standard InChI is InChI=1S/C16H20N2O/c1-3-9-18-16(14-7-5-10-17-12-14)13-6-4-8-15(11-13)19-2/h4-8,10-12,16,18H,3,9H2,1-2H3. The molecule has 1 heterocycles. The van der Waals surface area contributed by atoms with Gasteiger partial charge in [0.2, 0.25) is 0 Å². The van der Waals surface area contributed by atoms with Gasteiger partial charge in [-0.25, -0.2) is 0 Å². The molecule has 0 aliphatic carbocycles. The number of benzene rings is 1. The van der Waals surface area contributed by atoms with Crippen LogP contribution in [-0.2, 0) is 0 Å². The van der Waals surface area contributed by atoms with Crippen LogP contribution in [0.2, 0.25) is 0 Å². The zero-order valence-electron chi connectivity index (χ0n) is 11.5. The molecule has 1 aromatic carbocycles. The lowest BCUT2D eigenvalue weighted by atomic mass is 10.00. The van der Waals surface area contributed by atoms with Crippen molar-refractivity contribution in [2.24, 2.45) is 0 Å². The van der Waals surface area contributed by atoms with Crippen LogP contribution in [0, 0.1) is 0 Å². The summed E-state index contributed by atoms with van der Waals surface area (Å²) < 4.78 is 5.30. The fraction of sp³-hybridized carbons (Fsp3) is 0.312. The molecule has 1 atom stereocenters. The predicted molar refractivity (Wildman–Crippen MR) is 77.4 cm³/mol. The van der Waals surface area contributed by atoms with Gasteiger partial charge in [0.1, 0.15) is 5.75 Å². The summed E-state index contributed by atoms with van der Waals surface area (Å²) in [6, 6.07) is 12.4. The summed E-state index contributed by atoms with van der Waals surface area (Å²) in [6.07, 6.45) is 4.81. The van der Waals surface area contributed by atoms with Gasteiger partial charge < -0.3 is 10.1 Å². The summed E-state index contributed by atoms with van der Waals surface area (Å²) in [5, 5.41) is 3.56. The number of hydrogen-bond acceptors (Lipinski definition) is 3. The van der Waals surface area contributed by atoms with Gasteiger partial charge in [-0.2, -0.15) is 0 Å². The molecular weight excluding hydrogens is 236 g/mol. The van der Waals surface area contributed by atoms with E-state index in [0.717, 1.165) is 18.7 Å². The van der Waals surface area contributed by atoms with Gasteiger partial charge in [0.15, 0.2) is 0 Å². The van der Waals surface area contributed by atoms with Gasteiger partial charge in [0.25, 0.3) is 0 Å². The van der Waals surface area contributed by atoms with Crippen LogP contribution in [0.5, 0.6) is 5.75 Å². The number of pyridine rings is 1. The Hall–Kier alpha value is -1.87. The van der Waals surface area contributed by atoms with Crippen LogP contribution in [0.3, 0.4) is 0 Å². The molecule has 1 N–H and O–H groups in total. The minimum Gasteiger partial charge on any atom is -0.497 e. The van der Waals surface area contributed by atoms with E-state index in [2.05, 4.69) is 35.4 Å². The number of rotatable bonds is 6. The van der Waals surface area contributed by atoms with Gasteiger partial charge in [0.05, 0.1) is 13.2 Å². The van der Waals surface area contributed by atoms with E-state index in [-0.39, 0.29) is 6.04 Å². The first-order valence-corrected chi connectivity index (χ1v) is 6.62. The average molecular weight is 256 g/mol. The minimum atomic E-state index is 0.156. The smallest absolute Gasteiger partial charge is 0.119 e. The molecule has 0 saturated carbocycles. The average Bonchev–Trinajstić information content (AvgIpc) is 2.49. The Labute approximate surface area is 114 Å². The van der Waals surface area contributed by atoms with Crippen LogP contribution < -0.4 is 10.1 Å². The van der Waals surface area contributed by atoms with Crippen molar-refractivity contribution in [3.63, 3.8) is 0 Å². The molecule has 0 aliphatic rings. The van der Waals surface area contributed by atoms with Crippen molar-refractivity contribution >= 4 is 0 Å². The Balaban J connectivity index is 2.31. The Morgan fingerprint density at radius 1 is 1.21 bits per heavy atom. The molecular formula is C16H20N2O. The molecule has 3 nitrogen and oxygen atoms in total. The summed E-state index contributed by atoms with van der Waals surface area (Å²) in [7, 11) is 1.69. The van der Waals surface area contributed by atoms with E-state index in [1.165, 1.54) is 11.1 Å². The fourth-order valence-corrected chi connectivity index (χ4v) is 2.08. The van der Waals surface area contributed by atoms with Crippen molar-refractivity contribution in [3.05, 3.63) is 59.9 Å². The third-order valence-corrected chi connectivity index (χ3v) is 3.04. The van der Waals surface area contributed by atoms with E-state index in [0.29, 0.717) is 0 Å². The first kappa shape index (κ1) is 13.6. The molecule has 0 radical (unpaired) electrons. The zero-order chi connectivity index (χ0) is 13.5. The molecule has 0 amide bonds. The molecule has 0 spiro atoms. The molecule has 0 aliphatic heterocycles. The first-order chi connectivity index (χ1) is 9.35. The summed E-state index contributed by atoms with van der Waals surface area (Å²) >= 11 is 0. The maximum Gasteiger partial charge on any atom is 0.119 e. The van der Waals surface area contributed by atoms with Crippen molar-refractivity contribution in [2.75, 3.05) is 13.7 Å². The highest BCUT2D eigenvalue weighted by Crippen LogP contribution is 2.24. The Morgan fingerprint density at radius 3 is 2.74 bits per heavy atom. The highest BCUT2D eigenvalue weighted by molar-refractivity contribution is 5.35. The fourth-order valence-electron chi connectivity index (χ4n) is 2.08. The molecule has 0 saturated heterocycles. The van der Waals surface area contributed by atoms with E-state index in [1.54, 1.807) is 13.3 Å². The minimum absolute atomic E-state index is 0.156. The second kappa shape index (κ2) is 6.90. The van der Waals surface area contributed by atoms with Gasteiger partial charge in [-0.1, -0.05) is 25.1 Å². The molecule has 0 bridgehead atoms. The molecule has 19 heavy (non-hydrogen) atoms. The van der Waals surface area contributed by atoms with Gasteiger partial charge >= 0.3 is 0 Å². The second-order valence-electron chi connectivity index (χ2n) is 4.45. The third kappa shape index (κ3) is 3.55. The first-order valence-electron chi connectivity index (χ1n) is 6.62. The van der Waals surface area contributed by atoms with Crippen LogP contribution in [0.25, 0.3) is 0 Å². The number of aromatic nitrogens is 1. The van der Waals surface area contributed by atoms with E-state index in [1.807, 2.05) is 24.4 Å². The molecule has 1 unspecified atom stereocenters. The normalized spacial score (nSPS) is 12.1. The van der Waals surface area contributed by atoms with Gasteiger partial charge in [-0.15, -0.1) is 0 Å². The molecule has 3 heteroatoms. The summed E-state index contributed by atoms with van der Waals surface area (Å²) in [4.78, 5) is 4.21. The van der Waals surface area contributed by atoms with E-state index < -0.39 is 0 Å². The second-order valence-corrected chi connectivity index (χ2v) is 4.45. The number of hydrogen-bond donors (Lipinski definition) is 1. The highest BCUT2D eigenvalue weighted by atomic mass is 16.5. The van der Waals surface area contributed by atoms with Crippen molar-refractivity contribution in [1.82, 2.24) is 10.3 Å². The van der Waals surface area contributed by atoms with Crippen molar-refractivity contribution in [1.29, 1.82) is 0 Å². The largest absolute Gasteiger partial charge is 0.497 e. The third-order valence-electron chi connectivity index (χ3n) is 3.04. The summed E-state index contributed by atoms with van der Waals surface area (Å²) in [5.41, 5.74) is 2.37. The van der Waals surface area contributed by atoms with Gasteiger partial charge in [0, 0.05) is 12.4 Å². The van der Waals surface area contributed by atoms with Gasteiger partial charge in [-0.3, -0.25) is 4.98 Å². The maximum absolute atomic E-state index is 5.30. The topological polar surface area (TPSA) is 34.2 Å². The van der Waals surface area contributed by atoms with E-state index in [4.69, 9.17) is 4.74 Å². The lowest BCUT2D eigenvalue weighted by Crippen LogP contribution is -2.23. The molecule has 0 fully saturated rings. The van der Waals surface area contributed by atoms with Crippen LogP contribution in [0.4, 0.5) is 0 Å². The SMILES string of the molecule is CCCNC(c1cccnc1)c1cccc(OC)c1. The quantitative estimate of drug-likeness (QED) is 0.862. The molecule has 2 aromatic rings. The van der Waals surface area contributed by atoms with Crippen molar-refractivity contribution in [3.8, 4) is 5.75 Å². The lowest BCUT2D eigenvalue weighted by molar-refractivity contribution is 0.413. The zero-order valence-corrected chi connectivity index (χ0v) is 11.5. The number of methoxy groups -OCH3 is 1. The Kier molecular flexibility index (Phi) is 4.93. The Bertz CT molecular complexity index is 499. The molecule has 100 valence electrons. The highest BCUT2D eigenvalue weighted by Gasteiger charge is 2.13. The van der Waals surface area contributed by atoms with E-state index in [9.17, 15) is 0 Å². The summed E-state index contributed by atoms with van der Waals surface area (Å²) in [6.45, 7) is 3.13. The number of nitrogens with zero attached hydrogens (tertiary/aromatic N) is 1. The van der Waals surface area contributed by atoms with Crippen LogP contribution in [-0.4, -0.2) is 18.6 Å². The number of ether oxygens (including phenoxy) is 1. The Morgan fingerprint density at radius 2 is 2.05 bits per heavy atom. The summed E-state index contributed by atoms with van der Waals surface area (Å²) in [5.74, 6) is 0.879. The van der Waals surface area contributed by atoms with Crippen molar-refractivity contribution in [2.45, 2.75) is 19.4 Å². The molecule has 2 rings (SSSR count). The van der Waals surface area contributed by atoms with Crippen LogP contribution >= 0.6 is 0 Å². The lowest BCUT2D eigenvalue weighted by Gasteiger charge is -2.19. The van der Waals surface area contributed by atoms with Crippen LogP contribution in [0.15, 0.2) is 48.8 Å². The monoisotopic (exact) mass is 256 g/mol. The van der Waals surface area contributed by atoms with Crippen molar-refractivity contribution < 1.29 is 4.74 Å². The number of nitrogens with one attached hydrogen (secondary N) is 1. The molecule has 1 aromatic heterocycles. The predicted octanol–water partition coefficient (Wildman–Crippen LogP) is 3.18. The maximum atomic E-state index is 5.30. The van der Waals surface area contributed by atoms with Crippen LogP contribution in [0.1, 0.15) is 30.5 Å². The van der Waals surface area contributed by atoms with Gasteiger partial charge in [-0.05, 0) is 42.3 Å². The van der Waals surface area contributed by atoms with E-state index >= 15 is 0 Å².